The summed E-state index contributed by atoms with van der Waals surface area (Å²) >= 11 is 0. The summed E-state index contributed by atoms with van der Waals surface area (Å²) in [6, 6.07) is 6.45. The first-order chi connectivity index (χ1) is 9.29. The maximum Gasteiger partial charge on any atom is 0.0998 e. The predicted octanol–water partition coefficient (Wildman–Crippen LogP) is 2.56. The van der Waals surface area contributed by atoms with Crippen LogP contribution in [0.4, 0.5) is 0 Å². The molecule has 4 nitrogen and oxygen atoms in total. The normalized spacial score (nSPS) is 16.1. The van der Waals surface area contributed by atoms with Gasteiger partial charge >= 0.3 is 0 Å². The lowest BCUT2D eigenvalue weighted by atomic mass is 9.90. The molecule has 100 valence electrons. The summed E-state index contributed by atoms with van der Waals surface area (Å²) < 4.78 is 1.88. The molecule has 1 aliphatic rings. The number of benzene rings is 1. The zero-order valence-corrected chi connectivity index (χ0v) is 11.3. The Bertz CT molecular complexity index is 573. The standard InChI is InChI=1S/C15H20N4/c1-2-13(16)14-10-19(18-17-14)15-9-5-7-11-6-3-4-8-12(11)15/h5,7,9-10,13H,2-4,6,8,16H2,1H3. The van der Waals surface area contributed by atoms with Crippen molar-refractivity contribution in [2.75, 3.05) is 0 Å². The molecule has 19 heavy (non-hydrogen) atoms. The van der Waals surface area contributed by atoms with Crippen LogP contribution in [0.3, 0.4) is 0 Å². The maximum absolute atomic E-state index is 6.01. The van der Waals surface area contributed by atoms with Gasteiger partial charge in [-0.1, -0.05) is 24.3 Å². The molecule has 0 aliphatic heterocycles. The van der Waals surface area contributed by atoms with Gasteiger partial charge < -0.3 is 5.73 Å². The topological polar surface area (TPSA) is 56.7 Å². The molecule has 0 saturated heterocycles. The molecular weight excluding hydrogens is 236 g/mol. The van der Waals surface area contributed by atoms with Gasteiger partial charge in [-0.05, 0) is 49.3 Å². The van der Waals surface area contributed by atoms with E-state index >= 15 is 0 Å². The third-order valence-electron chi connectivity index (χ3n) is 3.95. The Labute approximate surface area is 113 Å². The van der Waals surface area contributed by atoms with Gasteiger partial charge in [-0.25, -0.2) is 4.68 Å². The largest absolute Gasteiger partial charge is 0.323 e. The minimum Gasteiger partial charge on any atom is -0.323 e. The molecule has 4 heteroatoms. The minimum atomic E-state index is -0.0201. The zero-order valence-electron chi connectivity index (χ0n) is 11.3. The summed E-state index contributed by atoms with van der Waals surface area (Å²) in [5, 5.41) is 8.45. The average Bonchev–Trinajstić information content (AvgIpc) is 2.95. The van der Waals surface area contributed by atoms with Gasteiger partial charge in [-0.2, -0.15) is 0 Å². The summed E-state index contributed by atoms with van der Waals surface area (Å²) in [5.41, 5.74) is 10.9. The van der Waals surface area contributed by atoms with Crippen molar-refractivity contribution in [3.05, 3.63) is 41.2 Å². The number of aryl methyl sites for hydroxylation is 1. The van der Waals surface area contributed by atoms with Gasteiger partial charge in [0.25, 0.3) is 0 Å². The van der Waals surface area contributed by atoms with Gasteiger partial charge in [0.1, 0.15) is 0 Å². The fourth-order valence-electron chi connectivity index (χ4n) is 2.75. The molecule has 0 spiro atoms. The molecule has 1 aromatic carbocycles. The first-order valence-corrected chi connectivity index (χ1v) is 7.08. The van der Waals surface area contributed by atoms with Crippen LogP contribution < -0.4 is 5.73 Å². The number of hydrogen-bond acceptors (Lipinski definition) is 3. The quantitative estimate of drug-likeness (QED) is 0.918. The van der Waals surface area contributed by atoms with E-state index in [0.717, 1.165) is 18.5 Å². The van der Waals surface area contributed by atoms with Gasteiger partial charge in [-0.15, -0.1) is 5.10 Å². The Morgan fingerprint density at radius 3 is 3.00 bits per heavy atom. The molecule has 1 unspecified atom stereocenters. The highest BCUT2D eigenvalue weighted by Gasteiger charge is 2.16. The number of nitrogens with two attached hydrogens (primary N) is 1. The van der Waals surface area contributed by atoms with Crippen LogP contribution in [-0.2, 0) is 12.8 Å². The fourth-order valence-corrected chi connectivity index (χ4v) is 2.75. The average molecular weight is 256 g/mol. The van der Waals surface area contributed by atoms with Crippen molar-refractivity contribution in [1.29, 1.82) is 0 Å². The van der Waals surface area contributed by atoms with Gasteiger partial charge in [0.2, 0.25) is 0 Å². The molecule has 2 aromatic rings. The van der Waals surface area contributed by atoms with Crippen molar-refractivity contribution in [2.24, 2.45) is 5.73 Å². The lowest BCUT2D eigenvalue weighted by molar-refractivity contribution is 0.667. The molecule has 0 bridgehead atoms. The van der Waals surface area contributed by atoms with Crippen LogP contribution in [0.15, 0.2) is 24.4 Å². The second kappa shape index (κ2) is 5.13. The lowest BCUT2D eigenvalue weighted by Crippen LogP contribution is -2.09. The van der Waals surface area contributed by atoms with Crippen molar-refractivity contribution in [2.45, 2.75) is 45.1 Å². The van der Waals surface area contributed by atoms with Crippen LogP contribution in [0.5, 0.6) is 0 Å². The molecule has 0 fully saturated rings. The van der Waals surface area contributed by atoms with E-state index in [2.05, 4.69) is 35.4 Å². The van der Waals surface area contributed by atoms with Crippen molar-refractivity contribution in [1.82, 2.24) is 15.0 Å². The van der Waals surface area contributed by atoms with Crippen LogP contribution in [0.25, 0.3) is 5.69 Å². The van der Waals surface area contributed by atoms with E-state index in [9.17, 15) is 0 Å². The van der Waals surface area contributed by atoms with Crippen LogP contribution in [-0.4, -0.2) is 15.0 Å². The van der Waals surface area contributed by atoms with Crippen molar-refractivity contribution >= 4 is 0 Å². The number of rotatable bonds is 3. The second-order valence-electron chi connectivity index (χ2n) is 5.22. The molecule has 1 heterocycles. The Kier molecular flexibility index (Phi) is 3.34. The van der Waals surface area contributed by atoms with E-state index in [-0.39, 0.29) is 6.04 Å². The SMILES string of the molecule is CCC(N)c1cn(-c2cccc3c2CCCC3)nn1. The smallest absolute Gasteiger partial charge is 0.0998 e. The second-order valence-corrected chi connectivity index (χ2v) is 5.22. The predicted molar refractivity (Wildman–Crippen MR) is 75.2 cm³/mol. The first kappa shape index (κ1) is 12.4. The van der Waals surface area contributed by atoms with E-state index in [1.807, 2.05) is 10.9 Å². The molecule has 1 atom stereocenters. The highest BCUT2D eigenvalue weighted by Crippen LogP contribution is 2.26. The van der Waals surface area contributed by atoms with E-state index in [1.54, 1.807) is 0 Å². The Morgan fingerprint density at radius 1 is 1.32 bits per heavy atom. The molecule has 0 radical (unpaired) electrons. The third-order valence-corrected chi connectivity index (χ3v) is 3.95. The lowest BCUT2D eigenvalue weighted by Gasteiger charge is -2.18. The number of hydrogen-bond donors (Lipinski definition) is 1. The Morgan fingerprint density at radius 2 is 2.16 bits per heavy atom. The minimum absolute atomic E-state index is 0.0201. The van der Waals surface area contributed by atoms with Crippen molar-refractivity contribution in [3.63, 3.8) is 0 Å². The summed E-state index contributed by atoms with van der Waals surface area (Å²) in [6.45, 7) is 2.06. The van der Waals surface area contributed by atoms with Crippen LogP contribution >= 0.6 is 0 Å². The Balaban J connectivity index is 2.00. The number of nitrogens with zero attached hydrogens (tertiary/aromatic N) is 3. The van der Waals surface area contributed by atoms with Gasteiger partial charge in [0, 0.05) is 0 Å². The van der Waals surface area contributed by atoms with E-state index in [0.29, 0.717) is 0 Å². The summed E-state index contributed by atoms with van der Waals surface area (Å²) in [4.78, 5) is 0. The highest BCUT2D eigenvalue weighted by atomic mass is 15.4. The summed E-state index contributed by atoms with van der Waals surface area (Å²) in [7, 11) is 0. The number of fused-ring (bicyclic) bond motifs is 1. The molecule has 1 aliphatic carbocycles. The third kappa shape index (κ3) is 2.28. The van der Waals surface area contributed by atoms with E-state index in [4.69, 9.17) is 5.73 Å². The van der Waals surface area contributed by atoms with Gasteiger partial charge in [0.05, 0.1) is 23.6 Å². The molecule has 0 amide bonds. The molecular formula is C15H20N4. The molecule has 1 aromatic heterocycles. The highest BCUT2D eigenvalue weighted by molar-refractivity contribution is 5.46. The molecule has 3 rings (SSSR count). The van der Waals surface area contributed by atoms with Crippen LogP contribution in [0, 0.1) is 0 Å². The van der Waals surface area contributed by atoms with E-state index in [1.165, 1.54) is 36.1 Å². The first-order valence-electron chi connectivity index (χ1n) is 7.08. The maximum atomic E-state index is 6.01. The zero-order chi connectivity index (χ0) is 13.2. The van der Waals surface area contributed by atoms with Crippen molar-refractivity contribution < 1.29 is 0 Å². The Hall–Kier alpha value is -1.68. The monoisotopic (exact) mass is 256 g/mol. The van der Waals surface area contributed by atoms with Crippen LogP contribution in [0.1, 0.15) is 49.0 Å². The van der Waals surface area contributed by atoms with Crippen molar-refractivity contribution in [3.8, 4) is 5.69 Å². The number of aromatic nitrogens is 3. The van der Waals surface area contributed by atoms with Crippen LogP contribution in [0.2, 0.25) is 0 Å². The molecule has 2 N–H and O–H groups in total. The summed E-state index contributed by atoms with van der Waals surface area (Å²) in [6.07, 6.45) is 7.73. The van der Waals surface area contributed by atoms with E-state index < -0.39 is 0 Å². The summed E-state index contributed by atoms with van der Waals surface area (Å²) in [5.74, 6) is 0. The van der Waals surface area contributed by atoms with Gasteiger partial charge in [-0.3, -0.25) is 0 Å². The van der Waals surface area contributed by atoms with Gasteiger partial charge in [0.15, 0.2) is 0 Å². The molecule has 0 saturated carbocycles. The fraction of sp³-hybridized carbons (Fsp3) is 0.467.